The molecule has 0 saturated heterocycles. The second-order valence-corrected chi connectivity index (χ2v) is 7.68. The third-order valence-corrected chi connectivity index (χ3v) is 5.43. The van der Waals surface area contributed by atoms with Crippen LogP contribution in [0.1, 0.15) is 12.5 Å². The summed E-state index contributed by atoms with van der Waals surface area (Å²) in [7, 11) is 0. The molecule has 0 aliphatic rings. The van der Waals surface area contributed by atoms with Crippen LogP contribution in [-0.2, 0) is 11.0 Å². The Morgan fingerprint density at radius 1 is 0.906 bits per heavy atom. The summed E-state index contributed by atoms with van der Waals surface area (Å²) in [6.45, 7) is 1.34. The lowest BCUT2D eigenvalue weighted by molar-refractivity contribution is -0.137. The average Bonchev–Trinajstić information content (AvgIpc) is 3.11. The highest BCUT2D eigenvalue weighted by Crippen LogP contribution is 2.41. The minimum atomic E-state index is -4.39. The van der Waals surface area contributed by atoms with E-state index in [1.165, 1.54) is 30.8 Å². The molecule has 1 heterocycles. The van der Waals surface area contributed by atoms with Gasteiger partial charge in [0.05, 0.1) is 10.5 Å². The smallest absolute Gasteiger partial charge is 0.416 e. The van der Waals surface area contributed by atoms with Crippen LogP contribution in [0.4, 0.5) is 13.2 Å². The van der Waals surface area contributed by atoms with Crippen molar-refractivity contribution in [3.05, 3.63) is 72.3 Å². The molecular weight excluding hydrogens is 441 g/mol. The van der Waals surface area contributed by atoms with Crippen LogP contribution in [0.15, 0.2) is 76.0 Å². The van der Waals surface area contributed by atoms with Crippen LogP contribution in [0.5, 0.6) is 17.2 Å². The average molecular weight is 458 g/mol. The second kappa shape index (κ2) is 8.63. The molecule has 4 aromatic rings. The van der Waals surface area contributed by atoms with Crippen LogP contribution in [-0.4, -0.2) is 12.2 Å². The van der Waals surface area contributed by atoms with Crippen molar-refractivity contribution < 1.29 is 31.9 Å². The van der Waals surface area contributed by atoms with E-state index in [2.05, 4.69) is 0 Å². The van der Waals surface area contributed by atoms with Gasteiger partial charge >= 0.3 is 12.1 Å². The van der Waals surface area contributed by atoms with Crippen molar-refractivity contribution in [2.45, 2.75) is 18.0 Å². The molecule has 0 atom stereocenters. The standard InChI is InChI=1S/C24H17F3O4S/c1-14(28)29-17-7-3-15(4-8-17)22-23(32-2)20-13-19(11-12-21(20)31-22)30-18-9-5-16(6-10-18)24(25,26)27/h3-13H,1-2H3. The molecular formula is C24H17F3O4S. The molecule has 0 radical (unpaired) electrons. The maximum atomic E-state index is 12.7. The summed E-state index contributed by atoms with van der Waals surface area (Å²) in [4.78, 5) is 12.0. The first-order valence-electron chi connectivity index (χ1n) is 9.49. The minimum absolute atomic E-state index is 0.299. The topological polar surface area (TPSA) is 48.7 Å². The Balaban J connectivity index is 1.64. The monoisotopic (exact) mass is 458 g/mol. The first-order valence-corrected chi connectivity index (χ1v) is 10.7. The molecule has 0 aliphatic heterocycles. The lowest BCUT2D eigenvalue weighted by Crippen LogP contribution is -2.03. The van der Waals surface area contributed by atoms with E-state index in [1.54, 1.807) is 42.5 Å². The van der Waals surface area contributed by atoms with Crippen LogP contribution in [0.25, 0.3) is 22.3 Å². The van der Waals surface area contributed by atoms with Crippen LogP contribution in [0.3, 0.4) is 0 Å². The Morgan fingerprint density at radius 2 is 1.53 bits per heavy atom. The summed E-state index contributed by atoms with van der Waals surface area (Å²) in [5.41, 5.74) is 0.726. The Hall–Kier alpha value is -3.39. The van der Waals surface area contributed by atoms with Crippen molar-refractivity contribution in [1.82, 2.24) is 0 Å². The number of carbonyl (C=O) groups excluding carboxylic acids is 1. The van der Waals surface area contributed by atoms with Gasteiger partial charge in [0.1, 0.15) is 28.6 Å². The third kappa shape index (κ3) is 4.60. The number of hydrogen-bond donors (Lipinski definition) is 0. The van der Waals surface area contributed by atoms with Crippen LogP contribution in [0, 0.1) is 0 Å². The van der Waals surface area contributed by atoms with Crippen molar-refractivity contribution in [2.75, 3.05) is 6.26 Å². The van der Waals surface area contributed by atoms with Gasteiger partial charge in [0.25, 0.3) is 0 Å². The van der Waals surface area contributed by atoms with Gasteiger partial charge in [-0.3, -0.25) is 4.79 Å². The van der Waals surface area contributed by atoms with Crippen LogP contribution >= 0.6 is 11.8 Å². The molecule has 0 N–H and O–H groups in total. The number of alkyl halides is 3. The number of carbonyl (C=O) groups is 1. The number of ether oxygens (including phenoxy) is 2. The van der Waals surface area contributed by atoms with Crippen molar-refractivity contribution >= 4 is 28.7 Å². The predicted molar refractivity (Wildman–Crippen MR) is 116 cm³/mol. The van der Waals surface area contributed by atoms with Gasteiger partial charge < -0.3 is 13.9 Å². The SMILES string of the molecule is CSc1c(-c2ccc(OC(C)=O)cc2)oc2ccc(Oc3ccc(C(F)(F)F)cc3)cc12. The number of fused-ring (bicyclic) bond motifs is 1. The molecule has 8 heteroatoms. The van der Waals surface area contributed by atoms with Gasteiger partial charge in [-0.2, -0.15) is 13.2 Å². The van der Waals surface area contributed by atoms with Crippen LogP contribution < -0.4 is 9.47 Å². The summed E-state index contributed by atoms with van der Waals surface area (Å²) in [5, 5.41) is 0.820. The highest BCUT2D eigenvalue weighted by Gasteiger charge is 2.30. The lowest BCUT2D eigenvalue weighted by Gasteiger charge is -2.09. The zero-order valence-corrected chi connectivity index (χ0v) is 17.8. The molecule has 1 aromatic heterocycles. The Labute approximate surface area is 185 Å². The number of thioether (sulfide) groups is 1. The second-order valence-electron chi connectivity index (χ2n) is 6.86. The predicted octanol–water partition coefficient (Wildman–Crippen LogP) is 7.56. The van der Waals surface area contributed by atoms with E-state index < -0.39 is 17.7 Å². The molecule has 0 fully saturated rings. The number of rotatable bonds is 5. The van der Waals surface area contributed by atoms with E-state index in [0.29, 0.717) is 28.6 Å². The Kier molecular flexibility index (Phi) is 5.88. The number of esters is 1. The molecule has 0 saturated carbocycles. The molecule has 3 aromatic carbocycles. The molecule has 0 bridgehead atoms. The van der Waals surface area contributed by atoms with Gasteiger partial charge in [0, 0.05) is 17.9 Å². The Morgan fingerprint density at radius 3 is 2.12 bits per heavy atom. The molecule has 164 valence electrons. The fourth-order valence-electron chi connectivity index (χ4n) is 3.20. The van der Waals surface area contributed by atoms with Crippen LogP contribution in [0.2, 0.25) is 0 Å². The normalized spacial score (nSPS) is 11.5. The summed E-state index contributed by atoms with van der Waals surface area (Å²) < 4.78 is 55.1. The minimum Gasteiger partial charge on any atom is -0.457 e. The van der Waals surface area contributed by atoms with E-state index in [0.717, 1.165) is 28.0 Å². The van der Waals surface area contributed by atoms with Crippen molar-refractivity contribution in [3.63, 3.8) is 0 Å². The molecule has 4 rings (SSSR count). The summed E-state index contributed by atoms with van der Waals surface area (Å²) >= 11 is 1.50. The quantitative estimate of drug-likeness (QED) is 0.175. The molecule has 0 spiro atoms. The summed E-state index contributed by atoms with van der Waals surface area (Å²) in [5.74, 6) is 1.48. The highest BCUT2D eigenvalue weighted by molar-refractivity contribution is 7.99. The first-order chi connectivity index (χ1) is 15.2. The van der Waals surface area contributed by atoms with Crippen molar-refractivity contribution in [1.29, 1.82) is 0 Å². The summed E-state index contributed by atoms with van der Waals surface area (Å²) in [6, 6.07) is 16.8. The fourth-order valence-corrected chi connectivity index (χ4v) is 3.92. The van der Waals surface area contributed by atoms with Gasteiger partial charge in [-0.15, -0.1) is 11.8 Å². The largest absolute Gasteiger partial charge is 0.457 e. The van der Waals surface area contributed by atoms with Gasteiger partial charge in [-0.25, -0.2) is 0 Å². The number of benzene rings is 3. The highest BCUT2D eigenvalue weighted by atomic mass is 32.2. The third-order valence-electron chi connectivity index (χ3n) is 4.61. The van der Waals surface area contributed by atoms with Gasteiger partial charge in [-0.05, 0) is 73.0 Å². The van der Waals surface area contributed by atoms with E-state index >= 15 is 0 Å². The summed E-state index contributed by atoms with van der Waals surface area (Å²) in [6.07, 6.45) is -2.47. The number of halogens is 3. The van der Waals surface area contributed by atoms with Crippen molar-refractivity contribution in [3.8, 4) is 28.6 Å². The molecule has 0 aliphatic carbocycles. The Bertz CT molecular complexity index is 1260. The van der Waals surface area contributed by atoms with Gasteiger partial charge in [-0.1, -0.05) is 0 Å². The zero-order chi connectivity index (χ0) is 22.9. The molecule has 32 heavy (non-hydrogen) atoms. The molecule has 4 nitrogen and oxygen atoms in total. The first kappa shape index (κ1) is 21.8. The maximum absolute atomic E-state index is 12.7. The van der Waals surface area contributed by atoms with E-state index in [1.807, 2.05) is 6.26 Å². The maximum Gasteiger partial charge on any atom is 0.416 e. The van der Waals surface area contributed by atoms with E-state index in [9.17, 15) is 18.0 Å². The number of furan rings is 1. The van der Waals surface area contributed by atoms with E-state index in [4.69, 9.17) is 13.9 Å². The van der Waals surface area contributed by atoms with Gasteiger partial charge in [0.2, 0.25) is 0 Å². The van der Waals surface area contributed by atoms with Gasteiger partial charge in [0.15, 0.2) is 0 Å². The zero-order valence-electron chi connectivity index (χ0n) is 17.0. The van der Waals surface area contributed by atoms with Crippen molar-refractivity contribution in [2.24, 2.45) is 0 Å². The lowest BCUT2D eigenvalue weighted by atomic mass is 10.1. The van der Waals surface area contributed by atoms with E-state index in [-0.39, 0.29) is 0 Å². The molecule has 0 amide bonds. The number of hydrogen-bond acceptors (Lipinski definition) is 5. The molecule has 0 unspecified atom stereocenters. The fraction of sp³-hybridized carbons (Fsp3) is 0.125.